The third-order valence-electron chi connectivity index (χ3n) is 11.8. The Bertz CT molecular complexity index is 2130. The van der Waals surface area contributed by atoms with E-state index in [1.54, 1.807) is 24.3 Å². The van der Waals surface area contributed by atoms with Crippen LogP contribution in [0.3, 0.4) is 0 Å². The van der Waals surface area contributed by atoms with Crippen LogP contribution in [-0.4, -0.2) is 60.9 Å². The predicted molar refractivity (Wildman–Crippen MR) is 215 cm³/mol. The second-order valence-corrected chi connectivity index (χ2v) is 15.5. The van der Waals surface area contributed by atoms with Gasteiger partial charge in [0.05, 0.1) is 20.1 Å². The van der Waals surface area contributed by atoms with Crippen LogP contribution in [0, 0.1) is 0 Å². The SMILES string of the molecule is COc1c(O)c2c(c(CCc3cccc(-c4cc(C5(C)CCCC5)[nH]c4N4CCNCC4)c3)c1OCCc1ccccc1)OC(c1ccc(O)cc1)CC2=O. The molecule has 0 radical (unpaired) electrons. The molecule has 1 saturated carbocycles. The number of rotatable bonds is 12. The third kappa shape index (κ3) is 7.50. The van der Waals surface area contributed by atoms with Crippen molar-refractivity contribution in [1.29, 1.82) is 0 Å². The van der Waals surface area contributed by atoms with Gasteiger partial charge in [-0.2, -0.15) is 0 Å². The van der Waals surface area contributed by atoms with Crippen molar-refractivity contribution in [2.24, 2.45) is 0 Å². The van der Waals surface area contributed by atoms with E-state index >= 15 is 0 Å². The Hall–Kier alpha value is -5.41. The number of H-pyrrole nitrogens is 1. The Morgan fingerprint density at radius 3 is 2.36 bits per heavy atom. The fourth-order valence-electron chi connectivity index (χ4n) is 8.64. The molecule has 2 fully saturated rings. The minimum absolute atomic E-state index is 0.0390. The molecule has 1 atom stereocenters. The van der Waals surface area contributed by atoms with Gasteiger partial charge in [0.2, 0.25) is 5.75 Å². The highest BCUT2D eigenvalue weighted by Gasteiger charge is 2.37. The summed E-state index contributed by atoms with van der Waals surface area (Å²) in [5, 5.41) is 25.0. The topological polar surface area (TPSA) is 116 Å². The fraction of sp³-hybridized carbons (Fsp3) is 0.370. The normalized spacial score (nSPS) is 17.8. The number of hydrogen-bond acceptors (Lipinski definition) is 8. The van der Waals surface area contributed by atoms with E-state index in [4.69, 9.17) is 14.2 Å². The number of phenols is 2. The number of Topliss-reactive ketones (excluding diaryl/α,β-unsaturated/α-hetero) is 1. The van der Waals surface area contributed by atoms with Crippen molar-refractivity contribution in [2.45, 2.75) is 69.8 Å². The lowest BCUT2D eigenvalue weighted by atomic mass is 9.85. The Balaban J connectivity index is 1.15. The maximum Gasteiger partial charge on any atom is 0.204 e. The Morgan fingerprint density at radius 2 is 1.62 bits per heavy atom. The summed E-state index contributed by atoms with van der Waals surface area (Å²) in [5.74, 6) is 1.65. The van der Waals surface area contributed by atoms with Crippen LogP contribution in [0.25, 0.3) is 11.1 Å². The molecular weight excluding hydrogens is 691 g/mol. The fourth-order valence-corrected chi connectivity index (χ4v) is 8.64. The van der Waals surface area contributed by atoms with Crippen molar-refractivity contribution in [1.82, 2.24) is 10.3 Å². The van der Waals surface area contributed by atoms with E-state index < -0.39 is 6.10 Å². The Morgan fingerprint density at radius 1 is 0.873 bits per heavy atom. The average Bonchev–Trinajstić information content (AvgIpc) is 3.87. The zero-order chi connectivity index (χ0) is 37.9. The summed E-state index contributed by atoms with van der Waals surface area (Å²) in [5.41, 5.74) is 7.68. The van der Waals surface area contributed by atoms with Gasteiger partial charge in [0.15, 0.2) is 17.3 Å². The number of anilines is 1. The van der Waals surface area contributed by atoms with E-state index in [1.807, 2.05) is 18.2 Å². The van der Waals surface area contributed by atoms with E-state index in [0.717, 1.165) is 42.9 Å². The summed E-state index contributed by atoms with van der Waals surface area (Å²) < 4.78 is 18.9. The first-order valence-electron chi connectivity index (χ1n) is 19.7. The molecule has 3 heterocycles. The highest BCUT2D eigenvalue weighted by molar-refractivity contribution is 6.04. The molecule has 1 unspecified atom stereocenters. The highest BCUT2D eigenvalue weighted by atomic mass is 16.5. The predicted octanol–water partition coefficient (Wildman–Crippen LogP) is 8.46. The molecule has 55 heavy (non-hydrogen) atoms. The molecule has 0 spiro atoms. The monoisotopic (exact) mass is 741 g/mol. The molecule has 9 nitrogen and oxygen atoms in total. The number of aromatic hydroxyl groups is 2. The molecule has 1 aromatic heterocycles. The molecule has 5 aromatic rings. The molecule has 4 N–H and O–H groups in total. The summed E-state index contributed by atoms with van der Waals surface area (Å²) in [7, 11) is 1.49. The average molecular weight is 742 g/mol. The lowest BCUT2D eigenvalue weighted by Crippen LogP contribution is -2.43. The largest absolute Gasteiger partial charge is 0.508 e. The lowest BCUT2D eigenvalue weighted by molar-refractivity contribution is 0.0840. The number of ether oxygens (including phenoxy) is 3. The summed E-state index contributed by atoms with van der Waals surface area (Å²) in [4.78, 5) is 20.2. The number of aromatic amines is 1. The van der Waals surface area contributed by atoms with Crippen molar-refractivity contribution < 1.29 is 29.2 Å². The quantitative estimate of drug-likeness (QED) is 0.101. The number of piperazine rings is 1. The minimum Gasteiger partial charge on any atom is -0.508 e. The van der Waals surface area contributed by atoms with Gasteiger partial charge in [-0.1, -0.05) is 86.5 Å². The molecule has 8 rings (SSSR count). The Kier molecular flexibility index (Phi) is 10.5. The maximum atomic E-state index is 13.8. The number of hydrogen-bond donors (Lipinski definition) is 4. The number of nitrogens with one attached hydrogen (secondary N) is 2. The van der Waals surface area contributed by atoms with Gasteiger partial charge >= 0.3 is 0 Å². The summed E-state index contributed by atoms with van der Waals surface area (Å²) in [6, 6.07) is 27.9. The second-order valence-electron chi connectivity index (χ2n) is 15.5. The molecule has 9 heteroatoms. The number of fused-ring (bicyclic) bond motifs is 1. The second kappa shape index (κ2) is 15.7. The van der Waals surface area contributed by atoms with E-state index in [-0.39, 0.29) is 40.4 Å². The number of benzene rings is 4. The number of carbonyl (C=O) groups is 1. The maximum absolute atomic E-state index is 13.8. The number of ketones is 1. The van der Waals surface area contributed by atoms with Gasteiger partial charge in [-0.3, -0.25) is 4.79 Å². The molecule has 0 amide bonds. The smallest absolute Gasteiger partial charge is 0.204 e. The molecule has 0 bridgehead atoms. The Labute approximate surface area is 323 Å². The van der Waals surface area contributed by atoms with Gasteiger partial charge in [-0.25, -0.2) is 0 Å². The van der Waals surface area contributed by atoms with Gasteiger partial charge in [0.1, 0.15) is 29.0 Å². The lowest BCUT2D eigenvalue weighted by Gasteiger charge is -2.30. The van der Waals surface area contributed by atoms with Crippen molar-refractivity contribution in [3.8, 4) is 39.9 Å². The van der Waals surface area contributed by atoms with Gasteiger partial charge in [0, 0.05) is 54.8 Å². The number of phenolic OH excluding ortho intramolecular Hbond substituents is 2. The van der Waals surface area contributed by atoms with Crippen molar-refractivity contribution in [3.05, 3.63) is 118 Å². The molecule has 1 saturated heterocycles. The summed E-state index contributed by atoms with van der Waals surface area (Å²) in [6.45, 7) is 6.56. The first-order chi connectivity index (χ1) is 26.8. The molecule has 3 aliphatic rings. The molecule has 1 aliphatic carbocycles. The van der Waals surface area contributed by atoms with E-state index in [9.17, 15) is 15.0 Å². The number of aromatic nitrogens is 1. The van der Waals surface area contributed by atoms with Crippen LogP contribution in [0.4, 0.5) is 5.82 Å². The number of carbonyl (C=O) groups excluding carboxylic acids is 1. The van der Waals surface area contributed by atoms with E-state index in [2.05, 4.69) is 64.6 Å². The zero-order valence-corrected chi connectivity index (χ0v) is 31.8. The number of methoxy groups -OCH3 is 1. The van der Waals surface area contributed by atoms with E-state index in [0.29, 0.717) is 42.9 Å². The van der Waals surface area contributed by atoms with E-state index in [1.165, 1.54) is 55.4 Å². The highest BCUT2D eigenvalue weighted by Crippen LogP contribution is 2.53. The van der Waals surface area contributed by atoms with Crippen LogP contribution < -0.4 is 24.4 Å². The van der Waals surface area contributed by atoms with Crippen LogP contribution in [-0.2, 0) is 24.7 Å². The summed E-state index contributed by atoms with van der Waals surface area (Å²) in [6.07, 6.45) is 6.10. The van der Waals surface area contributed by atoms with Gasteiger partial charge in [-0.05, 0) is 66.1 Å². The van der Waals surface area contributed by atoms with Crippen LogP contribution in [0.5, 0.6) is 28.7 Å². The van der Waals surface area contributed by atoms with Crippen molar-refractivity contribution >= 4 is 11.6 Å². The first kappa shape index (κ1) is 36.6. The van der Waals surface area contributed by atoms with Gasteiger partial charge < -0.3 is 39.6 Å². The van der Waals surface area contributed by atoms with Crippen LogP contribution in [0.1, 0.15) is 83.4 Å². The third-order valence-corrected chi connectivity index (χ3v) is 11.8. The minimum atomic E-state index is -0.597. The molecule has 286 valence electrons. The van der Waals surface area contributed by atoms with Gasteiger partial charge in [0.25, 0.3) is 0 Å². The number of aryl methyl sites for hydroxylation is 1. The standard InChI is InChI=1S/C46H51N3O6/c1-46(20-6-7-21-46)39-28-36(45(48-39)49-24-22-47-23-25-49)33-12-8-11-31(27-33)13-18-35-42-40(37(51)29-38(55-42)32-14-16-34(50)17-15-32)41(52)44(53-2)43(35)54-26-19-30-9-4-3-5-10-30/h3-5,8-12,14-17,27-28,38,47-48,50,52H,6-7,13,18-26,29H2,1-2H3. The summed E-state index contributed by atoms with van der Waals surface area (Å²) >= 11 is 0. The molecule has 2 aliphatic heterocycles. The van der Waals surface area contributed by atoms with Crippen LogP contribution >= 0.6 is 0 Å². The van der Waals surface area contributed by atoms with Crippen molar-refractivity contribution in [2.75, 3.05) is 44.8 Å². The van der Waals surface area contributed by atoms with Gasteiger partial charge in [-0.15, -0.1) is 0 Å². The molecular formula is C46H51N3O6. The molecule has 4 aromatic carbocycles. The van der Waals surface area contributed by atoms with Crippen LogP contribution in [0.2, 0.25) is 0 Å². The number of nitrogens with zero attached hydrogens (tertiary/aromatic N) is 1. The zero-order valence-electron chi connectivity index (χ0n) is 31.8. The first-order valence-corrected chi connectivity index (χ1v) is 19.7. The van der Waals surface area contributed by atoms with Crippen LogP contribution in [0.15, 0.2) is 84.9 Å². The van der Waals surface area contributed by atoms with Crippen molar-refractivity contribution in [3.63, 3.8) is 0 Å².